The van der Waals surface area contributed by atoms with Crippen molar-refractivity contribution in [2.75, 3.05) is 13.4 Å². The third-order valence-electron chi connectivity index (χ3n) is 4.95. The van der Waals surface area contributed by atoms with Crippen LogP contribution < -0.4 is 4.74 Å². The van der Waals surface area contributed by atoms with Crippen molar-refractivity contribution >= 4 is 28.7 Å². The topological polar surface area (TPSA) is 68.9 Å². The molecule has 0 radical (unpaired) electrons. The Morgan fingerprint density at radius 2 is 1.84 bits per heavy atom. The van der Waals surface area contributed by atoms with E-state index in [1.54, 1.807) is 25.3 Å². The van der Waals surface area contributed by atoms with Crippen LogP contribution >= 0.6 is 11.8 Å². The van der Waals surface area contributed by atoms with Crippen molar-refractivity contribution in [1.82, 2.24) is 0 Å². The fourth-order valence-electron chi connectivity index (χ4n) is 3.40. The number of furan rings is 1. The number of aromatic hydroxyl groups is 1. The zero-order chi connectivity index (χ0) is 21.8. The van der Waals surface area contributed by atoms with Gasteiger partial charge < -0.3 is 19.0 Å². The zero-order valence-corrected chi connectivity index (χ0v) is 18.1. The summed E-state index contributed by atoms with van der Waals surface area (Å²) in [5.41, 5.74) is 3.07. The molecular weight excluding hydrogens is 412 g/mol. The van der Waals surface area contributed by atoms with E-state index in [1.165, 1.54) is 11.8 Å². The normalized spacial score (nSPS) is 10.9. The molecular formula is C25H22O5S. The second-order valence-electron chi connectivity index (χ2n) is 7.00. The Bertz CT molecular complexity index is 1210. The SMILES string of the molecule is COc1ccc(-c2oc3ccc(CC(=O)OCc4ccccc4)cc3c2SC)c(O)c1. The number of rotatable bonds is 7. The molecule has 158 valence electrons. The number of ether oxygens (including phenoxy) is 2. The van der Waals surface area contributed by atoms with Gasteiger partial charge in [-0.2, -0.15) is 0 Å². The van der Waals surface area contributed by atoms with Crippen LogP contribution in [0.5, 0.6) is 11.5 Å². The van der Waals surface area contributed by atoms with Crippen molar-refractivity contribution in [3.63, 3.8) is 0 Å². The molecule has 1 aromatic heterocycles. The van der Waals surface area contributed by atoms with Crippen molar-refractivity contribution in [3.05, 3.63) is 77.9 Å². The van der Waals surface area contributed by atoms with Gasteiger partial charge in [-0.1, -0.05) is 36.4 Å². The fourth-order valence-corrected chi connectivity index (χ4v) is 4.11. The first-order chi connectivity index (χ1) is 15.1. The van der Waals surface area contributed by atoms with Gasteiger partial charge in [-0.25, -0.2) is 0 Å². The minimum absolute atomic E-state index is 0.0819. The van der Waals surface area contributed by atoms with Gasteiger partial charge in [0.2, 0.25) is 0 Å². The number of carbonyl (C=O) groups excluding carboxylic acids is 1. The molecule has 4 rings (SSSR count). The van der Waals surface area contributed by atoms with Crippen molar-refractivity contribution in [2.45, 2.75) is 17.9 Å². The Morgan fingerprint density at radius 1 is 1.03 bits per heavy atom. The molecule has 0 spiro atoms. The van der Waals surface area contributed by atoms with Crippen LogP contribution in [0.4, 0.5) is 0 Å². The first-order valence-corrected chi connectivity index (χ1v) is 11.0. The van der Waals surface area contributed by atoms with Gasteiger partial charge in [0.05, 0.1) is 24.0 Å². The number of methoxy groups -OCH3 is 1. The molecule has 0 aliphatic heterocycles. The summed E-state index contributed by atoms with van der Waals surface area (Å²) in [5.74, 6) is 0.953. The Hall–Kier alpha value is -3.38. The molecule has 0 unspecified atom stereocenters. The summed E-state index contributed by atoms with van der Waals surface area (Å²) in [6, 6.07) is 20.4. The average Bonchev–Trinajstić information content (AvgIpc) is 3.15. The molecule has 0 aliphatic rings. The van der Waals surface area contributed by atoms with Gasteiger partial charge in [0, 0.05) is 11.5 Å². The molecule has 0 aliphatic carbocycles. The van der Waals surface area contributed by atoms with E-state index in [9.17, 15) is 9.90 Å². The van der Waals surface area contributed by atoms with Gasteiger partial charge in [0.15, 0.2) is 5.76 Å². The van der Waals surface area contributed by atoms with Gasteiger partial charge >= 0.3 is 5.97 Å². The third-order valence-corrected chi connectivity index (χ3v) is 5.77. The first-order valence-electron chi connectivity index (χ1n) is 9.75. The van der Waals surface area contributed by atoms with Crippen molar-refractivity contribution < 1.29 is 23.8 Å². The summed E-state index contributed by atoms with van der Waals surface area (Å²) < 4.78 is 16.6. The molecule has 3 aromatic carbocycles. The van der Waals surface area contributed by atoms with E-state index in [0.717, 1.165) is 21.4 Å². The number of fused-ring (bicyclic) bond motifs is 1. The molecule has 31 heavy (non-hydrogen) atoms. The van der Waals surface area contributed by atoms with Gasteiger partial charge in [-0.3, -0.25) is 4.79 Å². The summed E-state index contributed by atoms with van der Waals surface area (Å²) in [7, 11) is 1.55. The van der Waals surface area contributed by atoms with Gasteiger partial charge in [-0.05, 0) is 41.6 Å². The number of esters is 1. The van der Waals surface area contributed by atoms with Gasteiger partial charge in [0.1, 0.15) is 23.7 Å². The Kier molecular flexibility index (Phi) is 6.18. The monoisotopic (exact) mass is 434 g/mol. The summed E-state index contributed by atoms with van der Waals surface area (Å²) in [4.78, 5) is 13.2. The molecule has 1 N–H and O–H groups in total. The van der Waals surface area contributed by atoms with Crippen LogP contribution in [-0.4, -0.2) is 24.4 Å². The third kappa shape index (κ3) is 4.54. The molecule has 0 atom stereocenters. The van der Waals surface area contributed by atoms with Crippen molar-refractivity contribution in [1.29, 1.82) is 0 Å². The lowest BCUT2D eigenvalue weighted by Gasteiger charge is -2.06. The lowest BCUT2D eigenvalue weighted by atomic mass is 10.1. The lowest BCUT2D eigenvalue weighted by molar-refractivity contribution is -0.144. The maximum Gasteiger partial charge on any atom is 0.310 e. The van der Waals surface area contributed by atoms with Crippen LogP contribution in [0.3, 0.4) is 0 Å². The average molecular weight is 435 g/mol. The van der Waals surface area contributed by atoms with Crippen LogP contribution in [0.2, 0.25) is 0 Å². The highest BCUT2D eigenvalue weighted by molar-refractivity contribution is 7.99. The minimum Gasteiger partial charge on any atom is -0.507 e. The van der Waals surface area contributed by atoms with Crippen LogP contribution in [0, 0.1) is 0 Å². The van der Waals surface area contributed by atoms with Crippen molar-refractivity contribution in [2.24, 2.45) is 0 Å². The quantitative estimate of drug-likeness (QED) is 0.292. The Balaban J connectivity index is 1.58. The number of hydrogen-bond acceptors (Lipinski definition) is 6. The highest BCUT2D eigenvalue weighted by Gasteiger charge is 2.19. The standard InChI is InChI=1S/C25H22O5S/c1-28-18-9-10-19(21(26)14-18)24-25(31-2)20-12-17(8-11-22(20)30-24)13-23(27)29-15-16-6-4-3-5-7-16/h3-12,14,26H,13,15H2,1-2H3. The number of benzene rings is 3. The van der Waals surface area contributed by atoms with Gasteiger partial charge in [-0.15, -0.1) is 11.8 Å². The minimum atomic E-state index is -0.287. The molecule has 5 nitrogen and oxygen atoms in total. The first kappa shape index (κ1) is 20.9. The predicted octanol–water partition coefficient (Wildman–Crippen LogP) is 5.82. The molecule has 4 aromatic rings. The number of thioether (sulfide) groups is 1. The molecule has 0 amide bonds. The second kappa shape index (κ2) is 9.18. The summed E-state index contributed by atoms with van der Waals surface area (Å²) >= 11 is 1.53. The van der Waals surface area contributed by atoms with E-state index in [4.69, 9.17) is 13.9 Å². The Labute approximate surface area is 184 Å². The van der Waals surface area contributed by atoms with E-state index in [2.05, 4.69) is 0 Å². The predicted molar refractivity (Wildman–Crippen MR) is 122 cm³/mol. The largest absolute Gasteiger partial charge is 0.507 e. The number of hydrogen-bond donors (Lipinski definition) is 1. The molecule has 0 saturated carbocycles. The smallest absolute Gasteiger partial charge is 0.310 e. The lowest BCUT2D eigenvalue weighted by Crippen LogP contribution is -2.07. The number of phenolic OH excluding ortho intramolecular Hbond substituents is 1. The molecule has 0 bridgehead atoms. The maximum absolute atomic E-state index is 12.3. The van der Waals surface area contributed by atoms with Crippen LogP contribution in [0.25, 0.3) is 22.3 Å². The summed E-state index contributed by atoms with van der Waals surface area (Å²) in [5, 5.41) is 11.3. The van der Waals surface area contributed by atoms with Gasteiger partial charge in [0.25, 0.3) is 0 Å². The zero-order valence-electron chi connectivity index (χ0n) is 17.3. The summed E-state index contributed by atoms with van der Waals surface area (Å²) in [6.07, 6.45) is 2.13. The van der Waals surface area contributed by atoms with Crippen molar-refractivity contribution in [3.8, 4) is 22.8 Å². The van der Waals surface area contributed by atoms with E-state index >= 15 is 0 Å². The molecule has 0 fully saturated rings. The van der Waals surface area contributed by atoms with Crippen LogP contribution in [0.1, 0.15) is 11.1 Å². The molecule has 6 heteroatoms. The second-order valence-corrected chi connectivity index (χ2v) is 7.82. The molecule has 1 heterocycles. The van der Waals surface area contributed by atoms with E-state index < -0.39 is 0 Å². The van der Waals surface area contributed by atoms with E-state index in [0.29, 0.717) is 22.7 Å². The van der Waals surface area contributed by atoms with Crippen LogP contribution in [-0.2, 0) is 22.6 Å². The maximum atomic E-state index is 12.3. The van der Waals surface area contributed by atoms with E-state index in [-0.39, 0.29) is 24.7 Å². The summed E-state index contributed by atoms with van der Waals surface area (Å²) in [6.45, 7) is 0.255. The fraction of sp³-hybridized carbons (Fsp3) is 0.160. The molecule has 0 saturated heterocycles. The number of carbonyl (C=O) groups is 1. The highest BCUT2D eigenvalue weighted by atomic mass is 32.2. The van der Waals surface area contributed by atoms with Crippen LogP contribution in [0.15, 0.2) is 76.0 Å². The van der Waals surface area contributed by atoms with E-state index in [1.807, 2.05) is 54.8 Å². The Morgan fingerprint density at radius 3 is 2.55 bits per heavy atom. The number of phenols is 1. The highest BCUT2D eigenvalue weighted by Crippen LogP contribution is 2.43.